The summed E-state index contributed by atoms with van der Waals surface area (Å²) >= 11 is 7.65. The quantitative estimate of drug-likeness (QED) is 0.812. The highest BCUT2D eigenvalue weighted by Crippen LogP contribution is 2.37. The van der Waals surface area contributed by atoms with Crippen LogP contribution in [0.15, 0.2) is 12.1 Å². The third-order valence-corrected chi connectivity index (χ3v) is 5.68. The van der Waals surface area contributed by atoms with Gasteiger partial charge < -0.3 is 5.32 Å². The fourth-order valence-corrected chi connectivity index (χ4v) is 4.14. The monoisotopic (exact) mass is 299 g/mol. The Balaban J connectivity index is 1.66. The van der Waals surface area contributed by atoms with Crippen molar-refractivity contribution in [2.75, 3.05) is 6.54 Å². The smallest absolute Gasteiger partial charge is 0.0931 e. The highest BCUT2D eigenvalue weighted by Gasteiger charge is 2.29. The summed E-state index contributed by atoms with van der Waals surface area (Å²) in [5.41, 5.74) is 0.485. The Morgan fingerprint density at radius 1 is 1.21 bits per heavy atom. The molecule has 108 valence electrons. The first-order valence-electron chi connectivity index (χ1n) is 7.43. The van der Waals surface area contributed by atoms with E-state index in [1.165, 1.54) is 30.6 Å². The molecule has 0 bridgehead atoms. The molecular formula is C16H26ClNS. The first-order chi connectivity index (χ1) is 8.95. The first kappa shape index (κ1) is 15.3. The van der Waals surface area contributed by atoms with E-state index in [9.17, 15) is 0 Å². The summed E-state index contributed by atoms with van der Waals surface area (Å²) in [5.74, 6) is 0.904. The van der Waals surface area contributed by atoms with Crippen molar-refractivity contribution in [2.45, 2.75) is 58.9 Å². The molecule has 1 heterocycles. The second kappa shape index (κ2) is 6.60. The Kier molecular flexibility index (Phi) is 5.33. The highest BCUT2D eigenvalue weighted by atomic mass is 35.5. The van der Waals surface area contributed by atoms with Gasteiger partial charge in [0.15, 0.2) is 0 Å². The molecule has 0 atom stereocenters. The van der Waals surface area contributed by atoms with Gasteiger partial charge in [0.05, 0.1) is 4.34 Å². The topological polar surface area (TPSA) is 12.0 Å². The minimum atomic E-state index is 0.485. The molecule has 0 aromatic carbocycles. The van der Waals surface area contributed by atoms with Gasteiger partial charge in [0, 0.05) is 17.5 Å². The number of thiophene rings is 1. The zero-order valence-electron chi connectivity index (χ0n) is 12.3. The maximum Gasteiger partial charge on any atom is 0.0931 e. The van der Waals surface area contributed by atoms with Crippen LogP contribution in [0.4, 0.5) is 0 Å². The van der Waals surface area contributed by atoms with Crippen molar-refractivity contribution in [1.29, 1.82) is 0 Å². The molecule has 1 fully saturated rings. The van der Waals surface area contributed by atoms with E-state index in [2.05, 4.69) is 32.2 Å². The van der Waals surface area contributed by atoms with Crippen molar-refractivity contribution in [3.63, 3.8) is 0 Å². The minimum absolute atomic E-state index is 0.485. The molecule has 1 saturated carbocycles. The summed E-state index contributed by atoms with van der Waals surface area (Å²) in [5, 5.41) is 3.71. The van der Waals surface area contributed by atoms with Gasteiger partial charge in [-0.25, -0.2) is 0 Å². The van der Waals surface area contributed by atoms with Crippen LogP contribution < -0.4 is 5.32 Å². The van der Waals surface area contributed by atoms with Crippen LogP contribution in [0, 0.1) is 11.3 Å². The number of nitrogens with one attached hydrogen (secondary N) is 1. The van der Waals surface area contributed by atoms with Crippen LogP contribution in [0.25, 0.3) is 0 Å². The third-order valence-electron chi connectivity index (χ3n) is 4.39. The van der Waals surface area contributed by atoms with Crippen molar-refractivity contribution < 1.29 is 0 Å². The maximum absolute atomic E-state index is 5.94. The van der Waals surface area contributed by atoms with E-state index in [1.807, 2.05) is 6.07 Å². The molecule has 1 nitrogen and oxygen atoms in total. The Hall–Kier alpha value is -0.0500. The average Bonchev–Trinajstić information content (AvgIpc) is 2.75. The summed E-state index contributed by atoms with van der Waals surface area (Å²) < 4.78 is 0.903. The number of rotatable bonds is 4. The van der Waals surface area contributed by atoms with Crippen LogP contribution in [0.3, 0.4) is 0 Å². The van der Waals surface area contributed by atoms with E-state index in [1.54, 1.807) is 11.3 Å². The lowest BCUT2D eigenvalue weighted by atomic mass is 9.71. The van der Waals surface area contributed by atoms with Crippen LogP contribution in [0.2, 0.25) is 4.34 Å². The van der Waals surface area contributed by atoms with E-state index < -0.39 is 0 Å². The molecule has 3 heteroatoms. The van der Waals surface area contributed by atoms with Gasteiger partial charge in [0.2, 0.25) is 0 Å². The Morgan fingerprint density at radius 3 is 2.42 bits per heavy atom. The van der Waals surface area contributed by atoms with Gasteiger partial charge in [-0.05, 0) is 55.6 Å². The van der Waals surface area contributed by atoms with Crippen LogP contribution in [-0.4, -0.2) is 12.6 Å². The standard InChI is InChI=1S/C16H26ClNS/c1-16(2,3)12-4-6-13(7-5-12)18-11-10-14-8-9-15(17)19-14/h8-9,12-13,18H,4-7,10-11H2,1-3H3. The number of halogens is 1. The zero-order valence-corrected chi connectivity index (χ0v) is 13.9. The predicted molar refractivity (Wildman–Crippen MR) is 86.2 cm³/mol. The molecular weight excluding hydrogens is 274 g/mol. The fraction of sp³-hybridized carbons (Fsp3) is 0.750. The van der Waals surface area contributed by atoms with Crippen LogP contribution in [0.1, 0.15) is 51.3 Å². The van der Waals surface area contributed by atoms with Crippen molar-refractivity contribution in [3.05, 3.63) is 21.3 Å². The van der Waals surface area contributed by atoms with Crippen LogP contribution >= 0.6 is 22.9 Å². The van der Waals surface area contributed by atoms with Crippen molar-refractivity contribution in [3.8, 4) is 0 Å². The molecule has 1 aromatic rings. The third kappa shape index (κ3) is 4.77. The van der Waals surface area contributed by atoms with Crippen molar-refractivity contribution in [1.82, 2.24) is 5.32 Å². The Morgan fingerprint density at radius 2 is 1.89 bits per heavy atom. The van der Waals surface area contributed by atoms with E-state index in [0.717, 1.165) is 29.3 Å². The van der Waals surface area contributed by atoms with E-state index in [-0.39, 0.29) is 0 Å². The van der Waals surface area contributed by atoms with Crippen LogP contribution in [-0.2, 0) is 6.42 Å². The van der Waals surface area contributed by atoms with Gasteiger partial charge in [-0.2, -0.15) is 0 Å². The SMILES string of the molecule is CC(C)(C)C1CCC(NCCc2ccc(Cl)s2)CC1. The Labute approximate surface area is 126 Å². The molecule has 1 aromatic heterocycles. The molecule has 1 aliphatic carbocycles. The molecule has 1 N–H and O–H groups in total. The second-order valence-electron chi connectivity index (χ2n) is 6.82. The summed E-state index contributed by atoms with van der Waals surface area (Å²) in [6.07, 6.45) is 6.55. The first-order valence-corrected chi connectivity index (χ1v) is 8.62. The second-order valence-corrected chi connectivity index (χ2v) is 8.62. The average molecular weight is 300 g/mol. The van der Waals surface area contributed by atoms with Gasteiger partial charge >= 0.3 is 0 Å². The number of hydrogen-bond donors (Lipinski definition) is 1. The molecule has 0 saturated heterocycles. The molecule has 1 aliphatic rings. The van der Waals surface area contributed by atoms with Gasteiger partial charge in [-0.3, -0.25) is 0 Å². The lowest BCUT2D eigenvalue weighted by Gasteiger charge is -2.37. The van der Waals surface area contributed by atoms with Crippen molar-refractivity contribution in [2.24, 2.45) is 11.3 Å². The summed E-state index contributed by atoms with van der Waals surface area (Å²) in [4.78, 5) is 1.39. The summed E-state index contributed by atoms with van der Waals surface area (Å²) in [6.45, 7) is 8.23. The van der Waals surface area contributed by atoms with Gasteiger partial charge in [-0.1, -0.05) is 32.4 Å². The lowest BCUT2D eigenvalue weighted by molar-refractivity contribution is 0.160. The van der Waals surface area contributed by atoms with Gasteiger partial charge in [0.25, 0.3) is 0 Å². The molecule has 0 radical (unpaired) electrons. The molecule has 19 heavy (non-hydrogen) atoms. The van der Waals surface area contributed by atoms with Crippen molar-refractivity contribution >= 4 is 22.9 Å². The van der Waals surface area contributed by atoms with E-state index >= 15 is 0 Å². The predicted octanol–water partition coefficient (Wildman–Crippen LogP) is 5.14. The van der Waals surface area contributed by atoms with Crippen LogP contribution in [0.5, 0.6) is 0 Å². The molecule has 2 rings (SSSR count). The normalized spacial score (nSPS) is 24.6. The van der Waals surface area contributed by atoms with Gasteiger partial charge in [-0.15, -0.1) is 11.3 Å². The summed E-state index contributed by atoms with van der Waals surface area (Å²) in [7, 11) is 0. The van der Waals surface area contributed by atoms with Gasteiger partial charge in [0.1, 0.15) is 0 Å². The van der Waals surface area contributed by atoms with E-state index in [0.29, 0.717) is 5.41 Å². The molecule has 0 aliphatic heterocycles. The molecule has 0 spiro atoms. The molecule has 0 unspecified atom stereocenters. The largest absolute Gasteiger partial charge is 0.314 e. The lowest BCUT2D eigenvalue weighted by Crippen LogP contribution is -2.37. The maximum atomic E-state index is 5.94. The fourth-order valence-electron chi connectivity index (χ4n) is 3.05. The van der Waals surface area contributed by atoms with E-state index in [4.69, 9.17) is 11.6 Å². The zero-order chi connectivity index (χ0) is 13.9. The Bertz CT molecular complexity index is 386. The highest BCUT2D eigenvalue weighted by molar-refractivity contribution is 7.16. The minimum Gasteiger partial charge on any atom is -0.314 e. The number of hydrogen-bond acceptors (Lipinski definition) is 2. The molecule has 0 amide bonds. The summed E-state index contributed by atoms with van der Waals surface area (Å²) in [6, 6.07) is 4.87.